The Morgan fingerprint density at radius 2 is 1.44 bits per heavy atom. The standard InChI is InChI=1S/C28H29FO12/c1-14(30)36-13-24-25(37-15(2)31)26(38-16(3)32)27(39-17(4)33)28(41-24)40-19-9-10-20(23(35)12-19)22(34)11-18-7-5-6-8-21(18)29/h5-10,12,24-28,35H,11,13H2,1-4H3/t24-,25-,26+,27-,28-/m1/s1. The normalized spacial score (nSPS) is 21.7. The molecule has 2 aromatic carbocycles. The molecule has 2 aromatic rings. The second-order valence-corrected chi connectivity index (χ2v) is 9.06. The van der Waals surface area contributed by atoms with Gasteiger partial charge in [0.25, 0.3) is 0 Å². The zero-order valence-electron chi connectivity index (χ0n) is 22.7. The van der Waals surface area contributed by atoms with Crippen molar-refractivity contribution in [1.29, 1.82) is 0 Å². The number of hydrogen-bond acceptors (Lipinski definition) is 12. The third-order valence-electron chi connectivity index (χ3n) is 5.78. The maximum atomic E-state index is 14.0. The highest BCUT2D eigenvalue weighted by Crippen LogP contribution is 2.33. The van der Waals surface area contributed by atoms with Gasteiger partial charge in [0.05, 0.1) is 5.56 Å². The Labute approximate surface area is 234 Å². The lowest BCUT2D eigenvalue weighted by atomic mass is 9.98. The molecule has 1 heterocycles. The fraction of sp³-hybridized carbons (Fsp3) is 0.393. The number of hydrogen-bond donors (Lipinski definition) is 1. The van der Waals surface area contributed by atoms with E-state index >= 15 is 0 Å². The van der Waals surface area contributed by atoms with E-state index in [1.807, 2.05) is 0 Å². The highest BCUT2D eigenvalue weighted by atomic mass is 19.1. The highest BCUT2D eigenvalue weighted by molar-refractivity contribution is 6.00. The van der Waals surface area contributed by atoms with Gasteiger partial charge in [0.2, 0.25) is 12.4 Å². The fourth-order valence-electron chi connectivity index (χ4n) is 4.15. The van der Waals surface area contributed by atoms with E-state index < -0.39 is 78.5 Å². The molecule has 0 unspecified atom stereocenters. The summed E-state index contributed by atoms with van der Waals surface area (Å²) in [5.41, 5.74) is 0.0388. The van der Waals surface area contributed by atoms with E-state index in [0.717, 1.165) is 33.8 Å². The maximum Gasteiger partial charge on any atom is 0.303 e. The molecule has 3 rings (SSSR count). The van der Waals surface area contributed by atoms with Crippen molar-refractivity contribution in [3.05, 3.63) is 59.4 Å². The molecule has 1 aliphatic heterocycles. The fourth-order valence-corrected chi connectivity index (χ4v) is 4.15. The number of carbonyl (C=O) groups excluding carboxylic acids is 5. The van der Waals surface area contributed by atoms with Gasteiger partial charge in [0, 0.05) is 40.2 Å². The van der Waals surface area contributed by atoms with Crippen LogP contribution in [0.25, 0.3) is 0 Å². The summed E-state index contributed by atoms with van der Waals surface area (Å²) in [6, 6.07) is 9.38. The molecular formula is C28H29FO12. The van der Waals surface area contributed by atoms with Crippen LogP contribution in [0.15, 0.2) is 42.5 Å². The minimum Gasteiger partial charge on any atom is -0.507 e. The highest BCUT2D eigenvalue weighted by Gasteiger charge is 2.53. The van der Waals surface area contributed by atoms with Gasteiger partial charge in [-0.25, -0.2) is 4.39 Å². The molecule has 1 fully saturated rings. The summed E-state index contributed by atoms with van der Waals surface area (Å²) in [6.07, 6.45) is -7.38. The smallest absolute Gasteiger partial charge is 0.303 e. The average Bonchev–Trinajstić information content (AvgIpc) is 2.87. The number of ketones is 1. The van der Waals surface area contributed by atoms with Crippen molar-refractivity contribution in [3.8, 4) is 11.5 Å². The minimum atomic E-state index is -1.53. The van der Waals surface area contributed by atoms with E-state index in [0.29, 0.717) is 0 Å². The van der Waals surface area contributed by atoms with Crippen LogP contribution in [0, 0.1) is 5.82 Å². The lowest BCUT2D eigenvalue weighted by molar-refractivity contribution is -0.288. The van der Waals surface area contributed by atoms with Crippen LogP contribution in [-0.4, -0.2) is 72.1 Å². The number of ether oxygens (including phenoxy) is 6. The summed E-state index contributed by atoms with van der Waals surface area (Å²) in [5.74, 6) is -4.78. The van der Waals surface area contributed by atoms with Crippen molar-refractivity contribution in [2.45, 2.75) is 64.8 Å². The summed E-state index contributed by atoms with van der Waals surface area (Å²) in [4.78, 5) is 59.9. The van der Waals surface area contributed by atoms with Crippen LogP contribution in [0.4, 0.5) is 4.39 Å². The van der Waals surface area contributed by atoms with Gasteiger partial charge in [0.1, 0.15) is 30.0 Å². The predicted molar refractivity (Wildman–Crippen MR) is 135 cm³/mol. The van der Waals surface area contributed by atoms with Crippen LogP contribution in [0.3, 0.4) is 0 Å². The van der Waals surface area contributed by atoms with Gasteiger partial charge in [-0.3, -0.25) is 24.0 Å². The van der Waals surface area contributed by atoms with E-state index in [4.69, 9.17) is 28.4 Å². The summed E-state index contributed by atoms with van der Waals surface area (Å²) < 4.78 is 46.6. The van der Waals surface area contributed by atoms with Crippen molar-refractivity contribution in [2.75, 3.05) is 6.61 Å². The topological polar surface area (TPSA) is 161 Å². The maximum absolute atomic E-state index is 14.0. The number of aromatic hydroxyl groups is 1. The largest absolute Gasteiger partial charge is 0.507 e. The quantitative estimate of drug-likeness (QED) is 0.250. The first kappa shape index (κ1) is 31.0. The molecule has 5 atom stereocenters. The number of Topliss-reactive ketones (excluding diaryl/α,β-unsaturated/α-hetero) is 1. The van der Waals surface area contributed by atoms with Crippen molar-refractivity contribution in [3.63, 3.8) is 0 Å². The average molecular weight is 577 g/mol. The minimum absolute atomic E-state index is 0.0640. The van der Waals surface area contributed by atoms with Crippen LogP contribution < -0.4 is 4.74 Å². The summed E-state index contributed by atoms with van der Waals surface area (Å²) in [6.45, 7) is 3.94. The van der Waals surface area contributed by atoms with Gasteiger partial charge in [-0.1, -0.05) is 18.2 Å². The van der Waals surface area contributed by atoms with Crippen molar-refractivity contribution < 1.29 is 61.9 Å². The van der Waals surface area contributed by atoms with E-state index in [1.165, 1.54) is 30.3 Å². The molecule has 13 heteroatoms. The first-order valence-corrected chi connectivity index (χ1v) is 12.4. The van der Waals surface area contributed by atoms with Gasteiger partial charge < -0.3 is 33.5 Å². The summed E-state index contributed by atoms with van der Waals surface area (Å²) >= 11 is 0. The molecule has 1 saturated heterocycles. The predicted octanol–water partition coefficient (Wildman–Crippen LogP) is 2.42. The van der Waals surface area contributed by atoms with E-state index in [9.17, 15) is 33.5 Å². The number of esters is 4. The number of carbonyl (C=O) groups is 5. The van der Waals surface area contributed by atoms with Crippen LogP contribution in [0.1, 0.15) is 43.6 Å². The lowest BCUT2D eigenvalue weighted by Gasteiger charge is -2.43. The van der Waals surface area contributed by atoms with Gasteiger partial charge >= 0.3 is 23.9 Å². The Balaban J connectivity index is 1.92. The molecule has 0 saturated carbocycles. The van der Waals surface area contributed by atoms with Gasteiger partial charge in [-0.15, -0.1) is 0 Å². The molecule has 0 aliphatic carbocycles. The molecule has 0 radical (unpaired) electrons. The molecule has 0 amide bonds. The number of phenols is 1. The second-order valence-electron chi connectivity index (χ2n) is 9.06. The van der Waals surface area contributed by atoms with Crippen LogP contribution in [0.5, 0.6) is 11.5 Å². The second kappa shape index (κ2) is 13.7. The Kier molecular flexibility index (Phi) is 10.4. The van der Waals surface area contributed by atoms with Crippen molar-refractivity contribution >= 4 is 29.7 Å². The molecular weight excluding hydrogens is 547 g/mol. The molecule has 220 valence electrons. The SMILES string of the molecule is CC(=O)OC[C@H]1O[C@@H](Oc2ccc(C(=O)Cc3ccccc3F)c(O)c2)[C@H](OC(C)=O)[C@@H](OC(C)=O)[C@@H]1OC(C)=O. The molecule has 0 spiro atoms. The van der Waals surface area contributed by atoms with Crippen molar-refractivity contribution in [2.24, 2.45) is 0 Å². The van der Waals surface area contributed by atoms with Gasteiger partial charge in [-0.05, 0) is 23.8 Å². The Morgan fingerprint density at radius 1 is 0.829 bits per heavy atom. The molecule has 0 aromatic heterocycles. The third kappa shape index (κ3) is 8.48. The summed E-state index contributed by atoms with van der Waals surface area (Å²) in [5, 5.41) is 10.6. The van der Waals surface area contributed by atoms with Crippen LogP contribution >= 0.6 is 0 Å². The zero-order chi connectivity index (χ0) is 30.3. The van der Waals surface area contributed by atoms with Crippen LogP contribution in [-0.2, 0) is 49.3 Å². The summed E-state index contributed by atoms with van der Waals surface area (Å²) in [7, 11) is 0. The molecule has 41 heavy (non-hydrogen) atoms. The Morgan fingerprint density at radius 3 is 2.02 bits per heavy atom. The first-order chi connectivity index (χ1) is 19.3. The van der Waals surface area contributed by atoms with Crippen molar-refractivity contribution in [1.82, 2.24) is 0 Å². The molecule has 1 aliphatic rings. The lowest BCUT2D eigenvalue weighted by Crippen LogP contribution is -2.63. The van der Waals surface area contributed by atoms with E-state index in [1.54, 1.807) is 6.07 Å². The Bertz CT molecular complexity index is 1310. The number of rotatable bonds is 10. The number of benzene rings is 2. The van der Waals surface area contributed by atoms with Crippen LogP contribution in [0.2, 0.25) is 0 Å². The molecule has 0 bridgehead atoms. The van der Waals surface area contributed by atoms with E-state index in [-0.39, 0.29) is 23.3 Å². The number of halogens is 1. The van der Waals surface area contributed by atoms with Gasteiger partial charge in [-0.2, -0.15) is 0 Å². The third-order valence-corrected chi connectivity index (χ3v) is 5.78. The molecule has 12 nitrogen and oxygen atoms in total. The zero-order valence-corrected chi connectivity index (χ0v) is 22.7. The molecule has 1 N–H and O–H groups in total. The Hall–Kier alpha value is -4.52. The number of phenolic OH excluding ortho intramolecular Hbond substituents is 1. The van der Waals surface area contributed by atoms with Gasteiger partial charge in [0.15, 0.2) is 18.0 Å². The monoisotopic (exact) mass is 576 g/mol. The first-order valence-electron chi connectivity index (χ1n) is 12.4. The van der Waals surface area contributed by atoms with E-state index in [2.05, 4.69) is 0 Å².